The van der Waals surface area contributed by atoms with E-state index in [4.69, 9.17) is 9.47 Å². The minimum Gasteiger partial charge on any atom is -0.493 e. The number of amides is 1. The van der Waals surface area contributed by atoms with Crippen molar-refractivity contribution in [1.82, 2.24) is 20.2 Å². The molecular weight excluding hydrogens is 322 g/mol. The zero-order valence-corrected chi connectivity index (χ0v) is 13.6. The molecule has 128 valence electrons. The van der Waals surface area contributed by atoms with Gasteiger partial charge in [0.15, 0.2) is 11.5 Å². The molecule has 0 aliphatic rings. The summed E-state index contributed by atoms with van der Waals surface area (Å²) in [5.74, 6) is 1.12. The van der Waals surface area contributed by atoms with Gasteiger partial charge in [0.25, 0.3) is 0 Å². The third kappa shape index (κ3) is 4.31. The van der Waals surface area contributed by atoms with Crippen LogP contribution < -0.4 is 14.8 Å². The van der Waals surface area contributed by atoms with E-state index >= 15 is 0 Å². The minimum atomic E-state index is -0.134. The molecule has 0 fully saturated rings. The first-order chi connectivity index (χ1) is 12.3. The van der Waals surface area contributed by atoms with Gasteiger partial charge in [-0.1, -0.05) is 12.1 Å². The first-order valence-electron chi connectivity index (χ1n) is 7.65. The second kappa shape index (κ2) is 7.91. The Morgan fingerprint density at radius 2 is 1.88 bits per heavy atom. The smallest absolute Gasteiger partial charge is 0.227 e. The van der Waals surface area contributed by atoms with Crippen LogP contribution >= 0.6 is 0 Å². The fourth-order valence-electron chi connectivity index (χ4n) is 2.19. The normalized spacial score (nSPS) is 10.3. The second-order valence-electron chi connectivity index (χ2n) is 5.10. The summed E-state index contributed by atoms with van der Waals surface area (Å²) in [5.41, 5.74) is 1.50. The Kier molecular flexibility index (Phi) is 5.20. The Labute approximate surface area is 144 Å². The standard InChI is InChI=1S/C17H17N5O3/c1-24-15-4-2-3-5-16(15)25-11-10-17(23)19-13-6-8-14(9-7-13)22-12-18-20-21-22/h2-9,12H,10-11H2,1H3,(H,19,23). The number of benzene rings is 2. The summed E-state index contributed by atoms with van der Waals surface area (Å²) in [6.07, 6.45) is 1.73. The van der Waals surface area contributed by atoms with Crippen molar-refractivity contribution in [3.8, 4) is 17.2 Å². The molecule has 0 aliphatic carbocycles. The predicted octanol–water partition coefficient (Wildman–Crippen LogP) is 2.08. The molecule has 1 heterocycles. The lowest BCUT2D eigenvalue weighted by Crippen LogP contribution is -2.15. The molecule has 8 nitrogen and oxygen atoms in total. The molecule has 0 bridgehead atoms. The monoisotopic (exact) mass is 339 g/mol. The summed E-state index contributed by atoms with van der Waals surface area (Å²) >= 11 is 0. The molecule has 1 N–H and O–H groups in total. The number of anilines is 1. The highest BCUT2D eigenvalue weighted by Crippen LogP contribution is 2.25. The van der Waals surface area contributed by atoms with Crippen molar-refractivity contribution in [2.24, 2.45) is 0 Å². The van der Waals surface area contributed by atoms with E-state index in [1.54, 1.807) is 25.3 Å². The van der Waals surface area contributed by atoms with Crippen LogP contribution in [0.2, 0.25) is 0 Å². The number of hydrogen-bond acceptors (Lipinski definition) is 6. The molecule has 0 atom stereocenters. The molecule has 1 amide bonds. The maximum Gasteiger partial charge on any atom is 0.227 e. The molecule has 0 aliphatic heterocycles. The van der Waals surface area contributed by atoms with Crippen molar-refractivity contribution in [2.45, 2.75) is 6.42 Å². The highest BCUT2D eigenvalue weighted by atomic mass is 16.5. The lowest BCUT2D eigenvalue weighted by molar-refractivity contribution is -0.116. The Bertz CT molecular complexity index is 819. The zero-order chi connectivity index (χ0) is 17.5. The molecule has 1 aromatic heterocycles. The van der Waals surface area contributed by atoms with Crippen LogP contribution in [0, 0.1) is 0 Å². The van der Waals surface area contributed by atoms with E-state index in [0.29, 0.717) is 17.2 Å². The number of carbonyl (C=O) groups excluding carboxylic acids is 1. The number of methoxy groups -OCH3 is 1. The first-order valence-corrected chi connectivity index (χ1v) is 7.65. The van der Waals surface area contributed by atoms with Gasteiger partial charge in [-0.05, 0) is 46.8 Å². The van der Waals surface area contributed by atoms with Gasteiger partial charge < -0.3 is 14.8 Å². The summed E-state index contributed by atoms with van der Waals surface area (Å²) in [5, 5.41) is 13.8. The van der Waals surface area contributed by atoms with Gasteiger partial charge >= 0.3 is 0 Å². The lowest BCUT2D eigenvalue weighted by Gasteiger charge is -2.10. The zero-order valence-electron chi connectivity index (χ0n) is 13.6. The van der Waals surface area contributed by atoms with Crippen LogP contribution in [0.3, 0.4) is 0 Å². The number of ether oxygens (including phenoxy) is 2. The minimum absolute atomic E-state index is 0.134. The topological polar surface area (TPSA) is 91.2 Å². The molecule has 0 unspecified atom stereocenters. The maximum absolute atomic E-state index is 12.0. The molecule has 0 radical (unpaired) electrons. The number of carbonyl (C=O) groups is 1. The van der Waals surface area contributed by atoms with Crippen molar-refractivity contribution in [3.63, 3.8) is 0 Å². The predicted molar refractivity (Wildman–Crippen MR) is 90.9 cm³/mol. The van der Waals surface area contributed by atoms with E-state index in [1.807, 2.05) is 30.3 Å². The second-order valence-corrected chi connectivity index (χ2v) is 5.10. The molecule has 3 aromatic rings. The van der Waals surface area contributed by atoms with Gasteiger partial charge in [0.2, 0.25) is 5.91 Å². The van der Waals surface area contributed by atoms with Crippen molar-refractivity contribution < 1.29 is 14.3 Å². The average molecular weight is 339 g/mol. The average Bonchev–Trinajstić information content (AvgIpc) is 3.17. The number of tetrazole rings is 1. The van der Waals surface area contributed by atoms with Crippen molar-refractivity contribution in [3.05, 3.63) is 54.9 Å². The van der Waals surface area contributed by atoms with E-state index in [0.717, 1.165) is 5.69 Å². The summed E-state index contributed by atoms with van der Waals surface area (Å²) < 4.78 is 12.3. The first kappa shape index (κ1) is 16.4. The molecule has 25 heavy (non-hydrogen) atoms. The molecule has 2 aromatic carbocycles. The summed E-state index contributed by atoms with van der Waals surface area (Å²) in [6, 6.07) is 14.5. The third-order valence-electron chi connectivity index (χ3n) is 3.42. The van der Waals surface area contributed by atoms with Gasteiger partial charge in [0, 0.05) is 5.69 Å². The Balaban J connectivity index is 1.49. The Morgan fingerprint density at radius 1 is 1.12 bits per heavy atom. The summed E-state index contributed by atoms with van der Waals surface area (Å²) in [6.45, 7) is 0.259. The largest absolute Gasteiger partial charge is 0.493 e. The fourth-order valence-corrected chi connectivity index (χ4v) is 2.19. The van der Waals surface area contributed by atoms with Crippen LogP contribution in [-0.2, 0) is 4.79 Å². The van der Waals surface area contributed by atoms with Gasteiger partial charge in [-0.25, -0.2) is 4.68 Å². The number of aromatic nitrogens is 4. The quantitative estimate of drug-likeness (QED) is 0.709. The van der Waals surface area contributed by atoms with Crippen molar-refractivity contribution in [2.75, 3.05) is 19.0 Å². The summed E-state index contributed by atoms with van der Waals surface area (Å²) in [7, 11) is 1.58. The van der Waals surface area contributed by atoms with E-state index in [9.17, 15) is 4.79 Å². The van der Waals surface area contributed by atoms with Crippen LogP contribution in [0.5, 0.6) is 11.5 Å². The highest BCUT2D eigenvalue weighted by molar-refractivity contribution is 5.90. The van der Waals surface area contributed by atoms with Gasteiger partial charge in [-0.2, -0.15) is 0 Å². The van der Waals surface area contributed by atoms with E-state index < -0.39 is 0 Å². The molecule has 8 heteroatoms. The van der Waals surface area contributed by atoms with E-state index in [1.165, 1.54) is 11.0 Å². The number of nitrogens with one attached hydrogen (secondary N) is 1. The number of para-hydroxylation sites is 2. The Hall–Kier alpha value is -3.42. The van der Waals surface area contributed by atoms with E-state index in [-0.39, 0.29) is 18.9 Å². The van der Waals surface area contributed by atoms with E-state index in [2.05, 4.69) is 20.8 Å². The van der Waals surface area contributed by atoms with Gasteiger partial charge in [0.1, 0.15) is 6.33 Å². The number of hydrogen-bond donors (Lipinski definition) is 1. The SMILES string of the molecule is COc1ccccc1OCCC(=O)Nc1ccc(-n2cnnn2)cc1. The van der Waals surface area contributed by atoms with Crippen LogP contribution in [-0.4, -0.2) is 39.8 Å². The van der Waals surface area contributed by atoms with Gasteiger partial charge in [0.05, 0.1) is 25.8 Å². The van der Waals surface area contributed by atoms with Gasteiger partial charge in [-0.3, -0.25) is 4.79 Å². The third-order valence-corrected chi connectivity index (χ3v) is 3.42. The van der Waals surface area contributed by atoms with Crippen LogP contribution in [0.15, 0.2) is 54.9 Å². The summed E-state index contributed by atoms with van der Waals surface area (Å²) in [4.78, 5) is 12.0. The van der Waals surface area contributed by atoms with Gasteiger partial charge in [-0.15, -0.1) is 5.10 Å². The maximum atomic E-state index is 12.0. The van der Waals surface area contributed by atoms with Crippen LogP contribution in [0.1, 0.15) is 6.42 Å². The highest BCUT2D eigenvalue weighted by Gasteiger charge is 2.06. The molecule has 3 rings (SSSR count). The van der Waals surface area contributed by atoms with Crippen LogP contribution in [0.25, 0.3) is 5.69 Å². The lowest BCUT2D eigenvalue weighted by atomic mass is 10.2. The number of rotatable bonds is 7. The molecule has 0 saturated heterocycles. The van der Waals surface area contributed by atoms with Crippen molar-refractivity contribution in [1.29, 1.82) is 0 Å². The van der Waals surface area contributed by atoms with Crippen molar-refractivity contribution >= 4 is 11.6 Å². The van der Waals surface area contributed by atoms with Crippen LogP contribution in [0.4, 0.5) is 5.69 Å². The fraction of sp³-hybridized carbons (Fsp3) is 0.176. The number of nitrogens with zero attached hydrogens (tertiary/aromatic N) is 4. The Morgan fingerprint density at radius 3 is 2.56 bits per heavy atom. The molecule has 0 spiro atoms. The molecule has 0 saturated carbocycles. The molecular formula is C17H17N5O3.